The maximum absolute atomic E-state index is 13.3. The van der Waals surface area contributed by atoms with Gasteiger partial charge in [0.05, 0.1) is 39.7 Å². The number of aromatic nitrogens is 3. The Morgan fingerprint density at radius 1 is 1.20 bits per heavy atom. The molecule has 0 saturated carbocycles. The van der Waals surface area contributed by atoms with Crippen molar-refractivity contribution in [1.82, 2.24) is 14.8 Å². The number of carbonyl (C=O) groups is 1. The fourth-order valence-electron chi connectivity index (χ4n) is 3.02. The Balaban J connectivity index is 1.64. The second-order valence-corrected chi connectivity index (χ2v) is 7.24. The van der Waals surface area contributed by atoms with Gasteiger partial charge < -0.3 is 9.47 Å². The molecule has 0 atom stereocenters. The van der Waals surface area contributed by atoms with Crippen molar-refractivity contribution in [2.45, 2.75) is 13.5 Å². The third kappa shape index (κ3) is 4.04. The molecule has 0 unspecified atom stereocenters. The third-order valence-corrected chi connectivity index (χ3v) is 5.06. The van der Waals surface area contributed by atoms with Crippen LogP contribution in [0.25, 0.3) is 16.6 Å². The highest BCUT2D eigenvalue weighted by atomic mass is 79.9. The summed E-state index contributed by atoms with van der Waals surface area (Å²) in [6, 6.07) is 13.2. The first-order valence-electron chi connectivity index (χ1n) is 9.24. The molecule has 0 fully saturated rings. The van der Waals surface area contributed by atoms with Crippen LogP contribution in [0.4, 0.5) is 4.39 Å². The molecule has 0 aliphatic carbocycles. The van der Waals surface area contributed by atoms with Crippen molar-refractivity contribution in [2.24, 2.45) is 0 Å². The van der Waals surface area contributed by atoms with E-state index in [1.54, 1.807) is 48.3 Å². The first-order valence-corrected chi connectivity index (χ1v) is 10.0. The Morgan fingerprint density at radius 3 is 2.77 bits per heavy atom. The molecule has 2 heterocycles. The zero-order valence-corrected chi connectivity index (χ0v) is 17.6. The fraction of sp³-hybridized carbons (Fsp3) is 0.136. The molecule has 2 aromatic heterocycles. The summed E-state index contributed by atoms with van der Waals surface area (Å²) < 4.78 is 26.8. The normalized spacial score (nSPS) is 10.9. The fourth-order valence-corrected chi connectivity index (χ4v) is 3.50. The van der Waals surface area contributed by atoms with Crippen LogP contribution in [-0.2, 0) is 11.3 Å². The van der Waals surface area contributed by atoms with Crippen LogP contribution in [0.2, 0.25) is 0 Å². The van der Waals surface area contributed by atoms with Crippen LogP contribution >= 0.6 is 15.9 Å². The van der Waals surface area contributed by atoms with Crippen LogP contribution in [0.3, 0.4) is 0 Å². The molecular weight excluding hydrogens is 453 g/mol. The van der Waals surface area contributed by atoms with Gasteiger partial charge in [0.15, 0.2) is 0 Å². The van der Waals surface area contributed by atoms with Crippen molar-refractivity contribution in [3.63, 3.8) is 0 Å². The summed E-state index contributed by atoms with van der Waals surface area (Å²) in [5, 5.41) is 5.29. The van der Waals surface area contributed by atoms with Gasteiger partial charge in [-0.05, 0) is 65.3 Å². The number of hydrogen-bond acceptors (Lipinski definition) is 5. The summed E-state index contributed by atoms with van der Waals surface area (Å²) in [4.78, 5) is 16.4. The van der Waals surface area contributed by atoms with Crippen molar-refractivity contribution in [3.8, 4) is 11.4 Å². The molecule has 4 aromatic rings. The molecule has 0 aliphatic heterocycles. The Bertz CT molecular complexity index is 1210. The van der Waals surface area contributed by atoms with E-state index < -0.39 is 5.97 Å². The van der Waals surface area contributed by atoms with E-state index in [0.717, 1.165) is 21.1 Å². The van der Waals surface area contributed by atoms with Crippen molar-refractivity contribution < 1.29 is 18.7 Å². The maximum Gasteiger partial charge on any atom is 0.340 e. The number of carbonyl (C=O) groups excluding carboxylic acids is 1. The lowest BCUT2D eigenvalue weighted by Gasteiger charge is -2.12. The first-order chi connectivity index (χ1) is 14.6. The molecule has 0 bridgehead atoms. The monoisotopic (exact) mass is 469 g/mol. The number of benzene rings is 2. The van der Waals surface area contributed by atoms with Crippen LogP contribution in [-0.4, -0.2) is 27.3 Å². The van der Waals surface area contributed by atoms with Crippen molar-refractivity contribution in [2.75, 3.05) is 6.61 Å². The van der Waals surface area contributed by atoms with Gasteiger partial charge in [0.2, 0.25) is 0 Å². The molecule has 2 aromatic carbocycles. The van der Waals surface area contributed by atoms with Crippen LogP contribution in [0.5, 0.6) is 5.75 Å². The minimum absolute atomic E-state index is 0.0871. The Morgan fingerprint density at radius 2 is 2.00 bits per heavy atom. The zero-order chi connectivity index (χ0) is 21.1. The van der Waals surface area contributed by atoms with Gasteiger partial charge in [0, 0.05) is 17.6 Å². The molecule has 0 radical (unpaired) electrons. The zero-order valence-electron chi connectivity index (χ0n) is 16.0. The van der Waals surface area contributed by atoms with Gasteiger partial charge in [-0.2, -0.15) is 5.10 Å². The lowest BCUT2D eigenvalue weighted by Crippen LogP contribution is -2.11. The molecule has 152 valence electrons. The molecule has 30 heavy (non-hydrogen) atoms. The predicted molar refractivity (Wildman–Crippen MR) is 113 cm³/mol. The second-order valence-electron chi connectivity index (χ2n) is 6.38. The minimum atomic E-state index is -0.437. The first kappa shape index (κ1) is 20.0. The molecule has 0 saturated heterocycles. The lowest BCUT2D eigenvalue weighted by atomic mass is 10.2. The van der Waals surface area contributed by atoms with E-state index in [4.69, 9.17) is 9.47 Å². The Hall–Kier alpha value is -3.26. The number of ether oxygens (including phenoxy) is 2. The van der Waals surface area contributed by atoms with E-state index >= 15 is 0 Å². The summed E-state index contributed by atoms with van der Waals surface area (Å²) in [6.45, 7) is 2.12. The van der Waals surface area contributed by atoms with Gasteiger partial charge in [-0.1, -0.05) is 0 Å². The number of fused-ring (bicyclic) bond motifs is 1. The summed E-state index contributed by atoms with van der Waals surface area (Å²) in [5.74, 6) is -0.185. The molecule has 4 rings (SSSR count). The van der Waals surface area contributed by atoms with Crippen molar-refractivity contribution in [1.29, 1.82) is 0 Å². The molecule has 0 amide bonds. The van der Waals surface area contributed by atoms with E-state index in [2.05, 4.69) is 26.0 Å². The van der Waals surface area contributed by atoms with Crippen LogP contribution in [0.1, 0.15) is 23.0 Å². The largest absolute Gasteiger partial charge is 0.486 e. The molecule has 6 nitrogen and oxygen atoms in total. The van der Waals surface area contributed by atoms with E-state index in [-0.39, 0.29) is 19.0 Å². The highest BCUT2D eigenvalue weighted by Gasteiger charge is 2.15. The van der Waals surface area contributed by atoms with Gasteiger partial charge in [-0.15, -0.1) is 0 Å². The summed E-state index contributed by atoms with van der Waals surface area (Å²) in [5.41, 5.74) is 2.38. The van der Waals surface area contributed by atoms with Crippen LogP contribution < -0.4 is 4.74 Å². The quantitative estimate of drug-likeness (QED) is 0.368. The van der Waals surface area contributed by atoms with Gasteiger partial charge in [0.1, 0.15) is 18.2 Å². The molecule has 0 aliphatic rings. The number of nitrogens with zero attached hydrogens (tertiary/aromatic N) is 3. The van der Waals surface area contributed by atoms with Crippen molar-refractivity contribution >= 4 is 32.8 Å². The van der Waals surface area contributed by atoms with Gasteiger partial charge in [-0.25, -0.2) is 13.9 Å². The van der Waals surface area contributed by atoms with E-state index in [9.17, 15) is 9.18 Å². The Kier molecular flexibility index (Phi) is 5.76. The Labute approximate surface area is 180 Å². The topological polar surface area (TPSA) is 66.2 Å². The second kappa shape index (κ2) is 8.62. The van der Waals surface area contributed by atoms with Gasteiger partial charge in [-0.3, -0.25) is 4.98 Å². The van der Waals surface area contributed by atoms with E-state index in [1.165, 1.54) is 12.1 Å². The average molecular weight is 470 g/mol. The third-order valence-electron chi connectivity index (χ3n) is 4.44. The highest BCUT2D eigenvalue weighted by Crippen LogP contribution is 2.32. The number of hydrogen-bond donors (Lipinski definition) is 0. The SMILES string of the molecule is CCOC(=O)c1cccnc1COc1cc2c(cnn2-c2ccc(F)cc2)cc1Br. The number of pyridine rings is 1. The van der Waals surface area contributed by atoms with Crippen molar-refractivity contribution in [3.05, 3.63) is 82.5 Å². The van der Waals surface area contributed by atoms with E-state index in [0.29, 0.717) is 17.0 Å². The number of rotatable bonds is 6. The average Bonchev–Trinajstić information content (AvgIpc) is 3.15. The van der Waals surface area contributed by atoms with Crippen LogP contribution in [0.15, 0.2) is 65.4 Å². The molecule has 0 spiro atoms. The lowest BCUT2D eigenvalue weighted by molar-refractivity contribution is 0.0522. The summed E-state index contributed by atoms with van der Waals surface area (Å²) in [6.07, 6.45) is 3.33. The highest BCUT2D eigenvalue weighted by molar-refractivity contribution is 9.10. The van der Waals surface area contributed by atoms with Gasteiger partial charge in [0.25, 0.3) is 0 Å². The van der Waals surface area contributed by atoms with Crippen LogP contribution in [0, 0.1) is 5.82 Å². The number of halogens is 2. The number of esters is 1. The maximum atomic E-state index is 13.3. The molecule has 0 N–H and O–H groups in total. The van der Waals surface area contributed by atoms with E-state index in [1.807, 2.05) is 12.1 Å². The summed E-state index contributed by atoms with van der Waals surface area (Å²) in [7, 11) is 0. The smallest absolute Gasteiger partial charge is 0.340 e. The minimum Gasteiger partial charge on any atom is -0.486 e. The van der Waals surface area contributed by atoms with Gasteiger partial charge >= 0.3 is 5.97 Å². The molecular formula is C22H17BrFN3O3. The predicted octanol–water partition coefficient (Wildman–Crippen LogP) is 5.08. The summed E-state index contributed by atoms with van der Waals surface area (Å²) >= 11 is 3.51. The standard InChI is InChI=1S/C22H17BrFN3O3/c1-2-29-22(28)17-4-3-9-25-19(17)13-30-21-11-20-14(10-18(21)23)12-26-27(20)16-7-5-15(24)6-8-16/h3-12H,2,13H2,1H3. The molecule has 8 heteroatoms.